The number of hydrogen-bond acceptors (Lipinski definition) is 8. The van der Waals surface area contributed by atoms with Gasteiger partial charge in [0, 0.05) is 13.1 Å². The molecule has 18 heteroatoms. The van der Waals surface area contributed by atoms with Crippen molar-refractivity contribution < 1.29 is 26.0 Å². The predicted octanol–water partition coefficient (Wildman–Crippen LogP) is 13.8. The number of carbonyl (C=O) groups excluding carboxylic acids is 2. The average molecular weight is 1070 g/mol. The van der Waals surface area contributed by atoms with Gasteiger partial charge in [-0.15, -0.1) is 22.7 Å². The van der Waals surface area contributed by atoms with E-state index in [0.29, 0.717) is 24.2 Å². The number of unbranched alkanes of at least 4 members (excludes halogenated alkanes) is 6. The van der Waals surface area contributed by atoms with Crippen molar-refractivity contribution in [2.45, 2.75) is 155 Å². The van der Waals surface area contributed by atoms with E-state index in [0.717, 1.165) is 92.2 Å². The maximum absolute atomic E-state index is 14.7. The number of rotatable bonds is 24. The van der Waals surface area contributed by atoms with E-state index in [1.54, 1.807) is 22.7 Å². The molecule has 326 valence electrons. The number of nitrogens with zero attached hydrogens (tertiary/aromatic N) is 2. The Balaban J connectivity index is 1.49. The van der Waals surface area contributed by atoms with Gasteiger partial charge in [0.2, 0.25) is 0 Å². The van der Waals surface area contributed by atoms with Crippen LogP contribution in [0.4, 0.5) is 0 Å². The van der Waals surface area contributed by atoms with Crippen LogP contribution in [-0.4, -0.2) is 85.1 Å². The summed E-state index contributed by atoms with van der Waals surface area (Å²) in [4.78, 5) is 35.0. The Morgan fingerprint density at radius 2 is 0.759 bits per heavy atom. The Hall–Kier alpha value is -0.0787. The molecule has 2 aromatic rings. The normalized spacial score (nSPS) is 16.2. The van der Waals surface area contributed by atoms with Gasteiger partial charge in [-0.1, -0.05) is 38.5 Å². The number of amides is 2. The second-order valence-corrected chi connectivity index (χ2v) is 50.6. The van der Waals surface area contributed by atoms with Gasteiger partial charge in [0.15, 0.2) is 33.3 Å². The van der Waals surface area contributed by atoms with Crippen molar-refractivity contribution in [1.29, 1.82) is 0 Å². The lowest BCUT2D eigenvalue weighted by Gasteiger charge is -2.38. The van der Waals surface area contributed by atoms with Crippen LogP contribution in [0.1, 0.15) is 61.1 Å². The first-order valence-electron chi connectivity index (χ1n) is 21.0. The molecule has 0 atom stereocenters. The lowest BCUT2D eigenvalue weighted by Crippen LogP contribution is -2.52. The molecule has 0 fully saturated rings. The maximum Gasteiger partial charge on any atom is 0.314 e. The van der Waals surface area contributed by atoms with E-state index in [-0.39, 0.29) is 11.8 Å². The van der Waals surface area contributed by atoms with Crippen molar-refractivity contribution in [2.24, 2.45) is 0 Å². The van der Waals surface area contributed by atoms with Crippen molar-refractivity contribution in [1.82, 2.24) is 9.80 Å². The minimum absolute atomic E-state index is 0.0639. The van der Waals surface area contributed by atoms with E-state index in [4.69, 9.17) is 16.5 Å². The number of halogens is 2. The van der Waals surface area contributed by atoms with Crippen LogP contribution in [0.25, 0.3) is 11.4 Å². The molecule has 2 amide bonds. The Bertz CT molecular complexity index is 1660. The number of fused-ring (bicyclic) bond motifs is 1. The smallest absolute Gasteiger partial charge is 0.314 e. The zero-order chi connectivity index (χ0) is 43.5. The topological polar surface area (TPSA) is 77.5 Å². The highest BCUT2D eigenvalue weighted by Crippen LogP contribution is 2.49. The van der Waals surface area contributed by atoms with Gasteiger partial charge in [-0.25, -0.2) is 0 Å². The summed E-state index contributed by atoms with van der Waals surface area (Å²) in [5.41, 5.74) is 2.64. The van der Waals surface area contributed by atoms with Gasteiger partial charge in [0.1, 0.15) is 0 Å². The Morgan fingerprint density at radius 1 is 0.466 bits per heavy atom. The summed E-state index contributed by atoms with van der Waals surface area (Å²) in [6, 6.07) is 10.1. The van der Waals surface area contributed by atoms with Gasteiger partial charge in [0.05, 0.1) is 39.9 Å². The van der Waals surface area contributed by atoms with E-state index in [1.165, 1.54) is 0 Å². The first-order chi connectivity index (χ1) is 26.6. The SMILES string of the molecule is C[Si](C)(C)O[Si](C)(CCCCCCN1C(=O)C2=C(c3ccc(Br)s3)N(CCCCCC[Si](C)(O[Si](C)(C)C)O[Si](C)(C)C)C(=O)C2=C1c1ccc(Br)s1)O[Si](C)(C)C. The molecule has 0 aromatic carbocycles. The van der Waals surface area contributed by atoms with Crippen molar-refractivity contribution in [3.63, 3.8) is 0 Å². The molecule has 4 rings (SSSR count). The Morgan fingerprint density at radius 3 is 1.02 bits per heavy atom. The zero-order valence-corrected chi connectivity index (χ0v) is 48.5. The maximum atomic E-state index is 14.7. The summed E-state index contributed by atoms with van der Waals surface area (Å²) in [6.07, 6.45) is 7.89. The second kappa shape index (κ2) is 20.2. The highest BCUT2D eigenvalue weighted by atomic mass is 79.9. The summed E-state index contributed by atoms with van der Waals surface area (Å²) in [5.74, 6) is -0.128. The van der Waals surface area contributed by atoms with Gasteiger partial charge < -0.3 is 26.3 Å². The van der Waals surface area contributed by atoms with Crippen LogP contribution >= 0.6 is 54.5 Å². The summed E-state index contributed by atoms with van der Waals surface area (Å²) >= 11 is 10.5. The third kappa shape index (κ3) is 15.0. The van der Waals surface area contributed by atoms with Gasteiger partial charge in [-0.05, 0) is 173 Å². The lowest BCUT2D eigenvalue weighted by molar-refractivity contribution is -0.124. The van der Waals surface area contributed by atoms with E-state index < -0.39 is 50.4 Å². The molecular formula is C40H70Br2N2O6S2Si6. The molecule has 2 aliphatic rings. The lowest BCUT2D eigenvalue weighted by atomic mass is 10.1. The summed E-state index contributed by atoms with van der Waals surface area (Å²) in [5, 5.41) is 0. The third-order valence-corrected chi connectivity index (χ3v) is 31.9. The first kappa shape index (κ1) is 50.6. The number of thiophene rings is 2. The molecule has 2 aliphatic heterocycles. The highest BCUT2D eigenvalue weighted by molar-refractivity contribution is 9.11. The molecule has 0 bridgehead atoms. The van der Waals surface area contributed by atoms with Gasteiger partial charge >= 0.3 is 17.1 Å². The molecule has 0 aliphatic carbocycles. The van der Waals surface area contributed by atoms with Crippen LogP contribution in [0.5, 0.6) is 0 Å². The molecule has 0 N–H and O–H groups in total. The Labute approximate surface area is 381 Å². The Kier molecular flexibility index (Phi) is 17.6. The second-order valence-electron chi connectivity index (χ2n) is 20.0. The summed E-state index contributed by atoms with van der Waals surface area (Å²) < 4.78 is 28.9. The molecule has 2 aromatic heterocycles. The van der Waals surface area contributed by atoms with E-state index in [1.807, 2.05) is 34.1 Å². The molecule has 0 saturated carbocycles. The van der Waals surface area contributed by atoms with Crippen molar-refractivity contribution in [3.05, 3.63) is 52.7 Å². The third-order valence-electron chi connectivity index (χ3n) is 9.41. The highest BCUT2D eigenvalue weighted by Gasteiger charge is 2.49. The van der Waals surface area contributed by atoms with Gasteiger partial charge in [-0.2, -0.15) is 0 Å². The van der Waals surface area contributed by atoms with Crippen LogP contribution in [0.2, 0.25) is 104 Å². The fourth-order valence-corrected chi connectivity index (χ4v) is 36.3. The fraction of sp³-hybridized carbons (Fsp3) is 0.650. The summed E-state index contributed by atoms with van der Waals surface area (Å²) in [6.45, 7) is 32.7. The standard InChI is InChI=1S/C40H70Br2N2O6S2Si6/c1-53(2,3)47-57(13,48-54(4,5)6)29-21-17-15-19-27-43-37(31-23-25-33(41)51-31)35-36(39(43)45)38(32-24-26-34(42)52-32)44(40(35)46)28-20-16-18-22-30-58(14,49-55(7,8)9)50-56(10,11)12/h23-26H,15-22,27-30H2,1-14H3. The van der Waals surface area contributed by atoms with Crippen LogP contribution in [0.15, 0.2) is 43.0 Å². The van der Waals surface area contributed by atoms with Crippen LogP contribution in [0.3, 0.4) is 0 Å². The van der Waals surface area contributed by atoms with E-state index >= 15 is 0 Å². The molecule has 58 heavy (non-hydrogen) atoms. The molecule has 0 unspecified atom stereocenters. The van der Waals surface area contributed by atoms with E-state index in [2.05, 4.69) is 124 Å². The predicted molar refractivity (Wildman–Crippen MR) is 269 cm³/mol. The quantitative estimate of drug-likeness (QED) is 0.0770. The molecule has 8 nitrogen and oxygen atoms in total. The van der Waals surface area contributed by atoms with Crippen molar-refractivity contribution in [2.75, 3.05) is 13.1 Å². The molecule has 4 heterocycles. The average Bonchev–Trinajstić information content (AvgIpc) is 3.78. The van der Waals surface area contributed by atoms with Gasteiger partial charge in [-0.3, -0.25) is 9.59 Å². The first-order valence-corrected chi connectivity index (χ1v) is 42.9. The monoisotopic (exact) mass is 1060 g/mol. The van der Waals surface area contributed by atoms with E-state index in [9.17, 15) is 9.59 Å². The molecule has 0 radical (unpaired) electrons. The van der Waals surface area contributed by atoms with Gasteiger partial charge in [0.25, 0.3) is 11.8 Å². The van der Waals surface area contributed by atoms with Crippen LogP contribution in [0, 0.1) is 0 Å². The van der Waals surface area contributed by atoms with Crippen LogP contribution < -0.4 is 0 Å². The number of carbonyl (C=O) groups is 2. The minimum Gasteiger partial charge on any atom is -0.437 e. The van der Waals surface area contributed by atoms with Crippen molar-refractivity contribution >= 4 is 128 Å². The molecule has 0 spiro atoms. The molecule has 0 saturated heterocycles. The fourth-order valence-electron chi connectivity index (χ4n) is 8.19. The van der Waals surface area contributed by atoms with Crippen molar-refractivity contribution in [3.8, 4) is 0 Å². The zero-order valence-electron chi connectivity index (χ0n) is 37.7. The van der Waals surface area contributed by atoms with Crippen LogP contribution in [-0.2, 0) is 26.0 Å². The number of hydrogen-bond donors (Lipinski definition) is 0. The largest absolute Gasteiger partial charge is 0.437 e. The minimum atomic E-state index is -2.29. The molecular weight excluding hydrogens is 997 g/mol. The summed E-state index contributed by atoms with van der Waals surface area (Å²) in [7, 11) is -11.6.